The minimum absolute atomic E-state index is 0.0203. The van der Waals surface area contributed by atoms with Gasteiger partial charge < -0.3 is 19.1 Å². The van der Waals surface area contributed by atoms with E-state index in [1.165, 1.54) is 16.8 Å². The maximum atomic E-state index is 12.4. The summed E-state index contributed by atoms with van der Waals surface area (Å²) in [6.07, 6.45) is 0. The molecule has 140 valence electrons. The summed E-state index contributed by atoms with van der Waals surface area (Å²) < 4.78 is 12.3. The van der Waals surface area contributed by atoms with Crippen molar-refractivity contribution in [3.05, 3.63) is 71.9 Å². The Balaban J connectivity index is 1.86. The van der Waals surface area contributed by atoms with Crippen molar-refractivity contribution in [2.75, 3.05) is 6.61 Å². The van der Waals surface area contributed by atoms with Crippen molar-refractivity contribution < 1.29 is 23.8 Å². The number of carboxylic acid groups (broad SMARTS) is 1. The molecule has 0 amide bonds. The van der Waals surface area contributed by atoms with Crippen LogP contribution >= 0.6 is 0 Å². The van der Waals surface area contributed by atoms with Crippen molar-refractivity contribution in [1.82, 2.24) is 9.78 Å². The number of para-hydroxylation sites is 1. The molecule has 0 radical (unpaired) electrons. The summed E-state index contributed by atoms with van der Waals surface area (Å²) in [5.74, 6) is -1.40. The number of hydrogen-bond acceptors (Lipinski definition) is 6. The first-order valence-electron chi connectivity index (χ1n) is 8.64. The molecule has 0 aliphatic carbocycles. The van der Waals surface area contributed by atoms with E-state index in [0.717, 1.165) is 5.39 Å². The number of aromatic nitrogens is 2. The highest BCUT2D eigenvalue weighted by atomic mass is 16.5. The minimum Gasteiger partial charge on any atom is -0.545 e. The fourth-order valence-corrected chi connectivity index (χ4v) is 2.92. The molecule has 2 aromatic heterocycles. The number of fused-ring (bicyclic) bond motifs is 1. The van der Waals surface area contributed by atoms with Gasteiger partial charge in [-0.05, 0) is 36.8 Å². The monoisotopic (exact) mass is 375 g/mol. The lowest BCUT2D eigenvalue weighted by Gasteiger charge is -2.09. The largest absolute Gasteiger partial charge is 0.545 e. The highest BCUT2D eigenvalue weighted by Crippen LogP contribution is 2.28. The van der Waals surface area contributed by atoms with E-state index in [9.17, 15) is 14.7 Å². The number of furan rings is 1. The van der Waals surface area contributed by atoms with E-state index >= 15 is 0 Å². The molecule has 0 spiro atoms. The smallest absolute Gasteiger partial charge is 0.357 e. The van der Waals surface area contributed by atoms with Crippen molar-refractivity contribution in [2.45, 2.75) is 6.92 Å². The number of aromatic carboxylic acids is 1. The van der Waals surface area contributed by atoms with Crippen molar-refractivity contribution in [2.24, 2.45) is 0 Å². The highest BCUT2D eigenvalue weighted by Gasteiger charge is 2.20. The van der Waals surface area contributed by atoms with Gasteiger partial charge in [-0.3, -0.25) is 0 Å². The Kier molecular flexibility index (Phi) is 4.41. The third-order valence-corrected chi connectivity index (χ3v) is 4.20. The van der Waals surface area contributed by atoms with E-state index < -0.39 is 11.9 Å². The summed E-state index contributed by atoms with van der Waals surface area (Å²) in [7, 11) is 0. The van der Waals surface area contributed by atoms with Crippen molar-refractivity contribution in [3.63, 3.8) is 0 Å². The lowest BCUT2D eigenvalue weighted by Crippen LogP contribution is -2.22. The highest BCUT2D eigenvalue weighted by molar-refractivity contribution is 5.91. The zero-order valence-corrected chi connectivity index (χ0v) is 14.9. The summed E-state index contributed by atoms with van der Waals surface area (Å²) in [5.41, 5.74) is 1.66. The van der Waals surface area contributed by atoms with E-state index in [-0.39, 0.29) is 17.9 Å². The van der Waals surface area contributed by atoms with Gasteiger partial charge in [-0.1, -0.05) is 30.3 Å². The van der Waals surface area contributed by atoms with Gasteiger partial charge in [-0.2, -0.15) is 5.10 Å². The predicted molar refractivity (Wildman–Crippen MR) is 99.1 cm³/mol. The maximum Gasteiger partial charge on any atom is 0.357 e. The van der Waals surface area contributed by atoms with E-state index in [4.69, 9.17) is 9.15 Å². The molecule has 0 saturated carbocycles. The molecule has 7 nitrogen and oxygen atoms in total. The fraction of sp³-hybridized carbons (Fsp3) is 0.0952. The van der Waals surface area contributed by atoms with Gasteiger partial charge in [-0.25, -0.2) is 9.48 Å². The second kappa shape index (κ2) is 7.03. The minimum atomic E-state index is -1.32. The van der Waals surface area contributed by atoms with E-state index in [1.807, 2.05) is 30.3 Å². The molecule has 7 heteroatoms. The molecule has 4 rings (SSSR count). The third kappa shape index (κ3) is 3.14. The number of ether oxygens (including phenoxy) is 1. The number of benzene rings is 2. The summed E-state index contributed by atoms with van der Waals surface area (Å²) in [6.45, 7) is 1.90. The number of carbonyl (C=O) groups is 2. The van der Waals surface area contributed by atoms with E-state index in [1.54, 1.807) is 25.1 Å². The van der Waals surface area contributed by atoms with Crippen LogP contribution in [0.5, 0.6) is 0 Å². The van der Waals surface area contributed by atoms with Crippen LogP contribution in [0.1, 0.15) is 27.8 Å². The van der Waals surface area contributed by atoms with Crippen LogP contribution in [0, 0.1) is 0 Å². The van der Waals surface area contributed by atoms with Gasteiger partial charge in [0.15, 0.2) is 11.5 Å². The molecule has 0 saturated heterocycles. The van der Waals surface area contributed by atoms with Crippen molar-refractivity contribution >= 4 is 22.9 Å². The van der Waals surface area contributed by atoms with Gasteiger partial charge in [0.2, 0.25) is 0 Å². The first-order chi connectivity index (χ1) is 13.6. The first kappa shape index (κ1) is 17.5. The normalized spacial score (nSPS) is 10.9. The van der Waals surface area contributed by atoms with Crippen LogP contribution in [-0.2, 0) is 4.74 Å². The summed E-state index contributed by atoms with van der Waals surface area (Å²) in [6, 6.07) is 16.9. The average molecular weight is 375 g/mol. The number of nitrogens with zero attached hydrogens (tertiary/aromatic N) is 2. The number of esters is 1. The second-order valence-electron chi connectivity index (χ2n) is 6.03. The van der Waals surface area contributed by atoms with Crippen LogP contribution in [0.4, 0.5) is 0 Å². The molecule has 0 N–H and O–H groups in total. The molecule has 0 bridgehead atoms. The SMILES string of the molecule is CCOC(=O)c1cc(-c2cc3ccccc3o2)nn1-c1cccc(C(=O)[O-])c1. The molecular weight excluding hydrogens is 360 g/mol. The molecular formula is C21H15N2O5-. The Labute approximate surface area is 159 Å². The van der Waals surface area contributed by atoms with Crippen LogP contribution in [0.25, 0.3) is 28.1 Å². The van der Waals surface area contributed by atoms with Gasteiger partial charge in [0.05, 0.1) is 18.3 Å². The van der Waals surface area contributed by atoms with Gasteiger partial charge in [0, 0.05) is 11.5 Å². The second-order valence-corrected chi connectivity index (χ2v) is 6.03. The number of rotatable bonds is 5. The maximum absolute atomic E-state index is 12.4. The molecule has 4 aromatic rings. The fourth-order valence-electron chi connectivity index (χ4n) is 2.92. The molecule has 0 aliphatic heterocycles. The zero-order chi connectivity index (χ0) is 19.7. The van der Waals surface area contributed by atoms with Gasteiger partial charge in [0.25, 0.3) is 0 Å². The van der Waals surface area contributed by atoms with Gasteiger partial charge in [-0.15, -0.1) is 0 Å². The predicted octanol–water partition coefficient (Wildman–Crippen LogP) is 2.83. The summed E-state index contributed by atoms with van der Waals surface area (Å²) >= 11 is 0. The topological polar surface area (TPSA) is 97.4 Å². The van der Waals surface area contributed by atoms with Crippen molar-refractivity contribution in [1.29, 1.82) is 0 Å². The Morgan fingerprint density at radius 2 is 1.93 bits per heavy atom. The standard InChI is InChI=1S/C21H16N2O5/c1-2-27-21(26)17-12-16(19-11-13-6-3-4-9-18(13)28-19)22-23(17)15-8-5-7-14(10-15)20(24)25/h3-12H,2H2,1H3,(H,24,25)/p-1. The van der Waals surface area contributed by atoms with Crippen LogP contribution in [0.3, 0.4) is 0 Å². The van der Waals surface area contributed by atoms with Crippen LogP contribution in [0.15, 0.2) is 65.1 Å². The molecule has 0 fully saturated rings. The third-order valence-electron chi connectivity index (χ3n) is 4.20. The number of carboxylic acids is 1. The Morgan fingerprint density at radius 1 is 1.11 bits per heavy atom. The first-order valence-corrected chi connectivity index (χ1v) is 8.64. The van der Waals surface area contributed by atoms with Crippen LogP contribution < -0.4 is 5.11 Å². The lowest BCUT2D eigenvalue weighted by atomic mass is 10.2. The van der Waals surface area contributed by atoms with E-state index in [2.05, 4.69) is 5.10 Å². The quantitative estimate of drug-likeness (QED) is 0.498. The zero-order valence-electron chi connectivity index (χ0n) is 14.9. The van der Waals surface area contributed by atoms with Crippen LogP contribution in [0.2, 0.25) is 0 Å². The van der Waals surface area contributed by atoms with E-state index in [0.29, 0.717) is 22.7 Å². The number of hydrogen-bond donors (Lipinski definition) is 0. The summed E-state index contributed by atoms with van der Waals surface area (Å²) in [4.78, 5) is 23.6. The molecule has 0 unspecified atom stereocenters. The Bertz CT molecular complexity index is 1160. The van der Waals surface area contributed by atoms with Crippen molar-refractivity contribution in [3.8, 4) is 17.1 Å². The molecule has 0 atom stereocenters. The Morgan fingerprint density at radius 3 is 2.68 bits per heavy atom. The molecule has 0 aliphatic rings. The molecule has 2 heterocycles. The lowest BCUT2D eigenvalue weighted by molar-refractivity contribution is -0.255. The van der Waals surface area contributed by atoms with Crippen LogP contribution in [-0.4, -0.2) is 28.3 Å². The number of carbonyl (C=O) groups excluding carboxylic acids is 2. The van der Waals surface area contributed by atoms with Gasteiger partial charge in [0.1, 0.15) is 11.3 Å². The average Bonchev–Trinajstić information content (AvgIpc) is 3.32. The molecule has 2 aromatic carbocycles. The molecule has 28 heavy (non-hydrogen) atoms. The Hall–Kier alpha value is -3.87. The summed E-state index contributed by atoms with van der Waals surface area (Å²) in [5, 5.41) is 16.5. The van der Waals surface area contributed by atoms with Gasteiger partial charge >= 0.3 is 5.97 Å².